The predicted molar refractivity (Wildman–Crippen MR) is 88.5 cm³/mol. The Labute approximate surface area is 135 Å². The Morgan fingerprint density at radius 3 is 2.73 bits per heavy atom. The quantitative estimate of drug-likeness (QED) is 0.855. The highest BCUT2D eigenvalue weighted by atomic mass is 35.5. The van der Waals surface area contributed by atoms with Crippen molar-refractivity contribution in [3.63, 3.8) is 0 Å². The molecule has 116 valence electrons. The lowest BCUT2D eigenvalue weighted by Crippen LogP contribution is -3.08. The average Bonchev–Trinajstić information content (AvgIpc) is 2.47. The standard InChI is InChI=1S/C17H19ClN2O2/c1-20(11-13-5-3-6-14(18)9-13)12-17(21)19-15-7-4-8-16(10-15)22-2/h3-10H,11-12H2,1-2H3,(H,19,21)/p+1. The molecule has 0 aliphatic carbocycles. The highest BCUT2D eigenvalue weighted by Crippen LogP contribution is 2.16. The maximum atomic E-state index is 12.1. The Morgan fingerprint density at radius 2 is 2.00 bits per heavy atom. The van der Waals surface area contributed by atoms with Crippen LogP contribution in [0.2, 0.25) is 5.02 Å². The summed E-state index contributed by atoms with van der Waals surface area (Å²) < 4.78 is 5.14. The smallest absolute Gasteiger partial charge is 0.279 e. The number of halogens is 1. The average molecular weight is 320 g/mol. The molecule has 2 rings (SSSR count). The first kappa shape index (κ1) is 16.3. The summed E-state index contributed by atoms with van der Waals surface area (Å²) >= 11 is 5.97. The first-order chi connectivity index (χ1) is 10.6. The molecule has 0 aromatic heterocycles. The van der Waals surface area contributed by atoms with Crippen LogP contribution in [0, 0.1) is 0 Å². The van der Waals surface area contributed by atoms with E-state index in [1.807, 2.05) is 49.5 Å². The number of likely N-dealkylation sites (N-methyl/N-ethyl adjacent to an activating group) is 1. The second-order valence-corrected chi connectivity index (χ2v) is 5.66. The number of nitrogens with one attached hydrogen (secondary N) is 2. The summed E-state index contributed by atoms with van der Waals surface area (Å²) in [6.45, 7) is 1.12. The van der Waals surface area contributed by atoms with Gasteiger partial charge in [-0.1, -0.05) is 29.8 Å². The highest BCUT2D eigenvalue weighted by molar-refractivity contribution is 6.30. The molecular formula is C17H20ClN2O2+. The van der Waals surface area contributed by atoms with Crippen LogP contribution < -0.4 is 15.0 Å². The van der Waals surface area contributed by atoms with Crippen molar-refractivity contribution >= 4 is 23.2 Å². The highest BCUT2D eigenvalue weighted by Gasteiger charge is 2.11. The summed E-state index contributed by atoms with van der Waals surface area (Å²) in [5, 5.41) is 3.59. The molecular weight excluding hydrogens is 300 g/mol. The Bertz CT molecular complexity index is 646. The van der Waals surface area contributed by atoms with Crippen LogP contribution in [-0.4, -0.2) is 26.6 Å². The number of hydrogen-bond donors (Lipinski definition) is 2. The molecule has 1 atom stereocenters. The third-order valence-electron chi connectivity index (χ3n) is 3.21. The van der Waals surface area contributed by atoms with Crippen LogP contribution in [0.4, 0.5) is 5.69 Å². The first-order valence-corrected chi connectivity index (χ1v) is 7.44. The summed E-state index contributed by atoms with van der Waals surface area (Å²) in [7, 11) is 3.58. The van der Waals surface area contributed by atoms with E-state index in [0.717, 1.165) is 28.4 Å². The van der Waals surface area contributed by atoms with Crippen molar-refractivity contribution in [2.24, 2.45) is 0 Å². The zero-order valence-electron chi connectivity index (χ0n) is 12.7. The fourth-order valence-corrected chi connectivity index (χ4v) is 2.45. The van der Waals surface area contributed by atoms with Crippen molar-refractivity contribution in [3.05, 3.63) is 59.1 Å². The van der Waals surface area contributed by atoms with Crippen LogP contribution in [0.25, 0.3) is 0 Å². The molecule has 0 radical (unpaired) electrons. The third kappa shape index (κ3) is 5.06. The molecule has 0 spiro atoms. The minimum absolute atomic E-state index is 0.0345. The van der Waals surface area contributed by atoms with E-state index >= 15 is 0 Å². The van der Waals surface area contributed by atoms with E-state index in [4.69, 9.17) is 16.3 Å². The number of rotatable bonds is 6. The SMILES string of the molecule is COc1cccc(NC(=O)C[NH+](C)Cc2cccc(Cl)c2)c1. The Balaban J connectivity index is 1.88. The van der Waals surface area contributed by atoms with Gasteiger partial charge in [-0.15, -0.1) is 0 Å². The second kappa shape index (κ2) is 7.82. The summed E-state index contributed by atoms with van der Waals surface area (Å²) in [6, 6.07) is 15.0. The number of benzene rings is 2. The Hall–Kier alpha value is -2.04. The van der Waals surface area contributed by atoms with Crippen LogP contribution in [0.5, 0.6) is 5.75 Å². The second-order valence-electron chi connectivity index (χ2n) is 5.22. The van der Waals surface area contributed by atoms with Gasteiger partial charge in [-0.2, -0.15) is 0 Å². The fourth-order valence-electron chi connectivity index (χ4n) is 2.24. The summed E-state index contributed by atoms with van der Waals surface area (Å²) in [4.78, 5) is 13.2. The van der Waals surface area contributed by atoms with E-state index in [2.05, 4.69) is 5.32 Å². The third-order valence-corrected chi connectivity index (χ3v) is 3.45. The molecule has 0 saturated heterocycles. The lowest BCUT2D eigenvalue weighted by molar-refractivity contribution is -0.885. The van der Waals surface area contributed by atoms with Crippen LogP contribution in [0.15, 0.2) is 48.5 Å². The lowest BCUT2D eigenvalue weighted by Gasteiger charge is -2.14. The molecule has 2 aromatic rings. The van der Waals surface area contributed by atoms with Crippen molar-refractivity contribution in [1.82, 2.24) is 0 Å². The molecule has 0 aliphatic heterocycles. The largest absolute Gasteiger partial charge is 0.497 e. The van der Waals surface area contributed by atoms with E-state index in [1.165, 1.54) is 0 Å². The van der Waals surface area contributed by atoms with Gasteiger partial charge in [0.2, 0.25) is 0 Å². The minimum atomic E-state index is -0.0345. The molecule has 1 unspecified atom stereocenters. The van der Waals surface area contributed by atoms with Gasteiger partial charge in [0.15, 0.2) is 6.54 Å². The number of carbonyl (C=O) groups is 1. The summed E-state index contributed by atoms with van der Waals surface area (Å²) in [6.07, 6.45) is 0. The topological polar surface area (TPSA) is 42.8 Å². The molecule has 0 saturated carbocycles. The number of carbonyl (C=O) groups excluding carboxylic acids is 1. The summed E-state index contributed by atoms with van der Waals surface area (Å²) in [5.41, 5.74) is 1.85. The van der Waals surface area contributed by atoms with Crippen molar-refractivity contribution in [2.75, 3.05) is 26.0 Å². The molecule has 0 heterocycles. The number of quaternary nitrogens is 1. The van der Waals surface area contributed by atoms with Crippen molar-refractivity contribution in [1.29, 1.82) is 0 Å². The normalized spacial score (nSPS) is 11.8. The van der Waals surface area contributed by atoms with Gasteiger partial charge in [0.05, 0.1) is 14.2 Å². The molecule has 4 nitrogen and oxygen atoms in total. The van der Waals surface area contributed by atoms with Crippen LogP contribution in [0.3, 0.4) is 0 Å². The van der Waals surface area contributed by atoms with Crippen LogP contribution in [0.1, 0.15) is 5.56 Å². The molecule has 0 bridgehead atoms. The monoisotopic (exact) mass is 319 g/mol. The van der Waals surface area contributed by atoms with E-state index in [0.29, 0.717) is 11.6 Å². The zero-order valence-corrected chi connectivity index (χ0v) is 13.5. The molecule has 2 aromatic carbocycles. The maximum Gasteiger partial charge on any atom is 0.279 e. The number of methoxy groups -OCH3 is 1. The zero-order chi connectivity index (χ0) is 15.9. The van der Waals surface area contributed by atoms with Gasteiger partial charge in [-0.3, -0.25) is 4.79 Å². The molecule has 22 heavy (non-hydrogen) atoms. The summed E-state index contributed by atoms with van der Waals surface area (Å²) in [5.74, 6) is 0.685. The predicted octanol–water partition coefficient (Wildman–Crippen LogP) is 2.00. The molecule has 0 aliphatic rings. The van der Waals surface area contributed by atoms with Crippen molar-refractivity contribution < 1.29 is 14.4 Å². The van der Waals surface area contributed by atoms with E-state index in [-0.39, 0.29) is 5.91 Å². The van der Waals surface area contributed by atoms with Gasteiger partial charge in [-0.25, -0.2) is 0 Å². The van der Waals surface area contributed by atoms with Gasteiger partial charge in [-0.05, 0) is 24.3 Å². The maximum absolute atomic E-state index is 12.1. The molecule has 5 heteroatoms. The van der Waals surface area contributed by atoms with Gasteiger partial charge >= 0.3 is 0 Å². The Morgan fingerprint density at radius 1 is 1.23 bits per heavy atom. The first-order valence-electron chi connectivity index (χ1n) is 7.06. The van der Waals surface area contributed by atoms with E-state index < -0.39 is 0 Å². The van der Waals surface area contributed by atoms with E-state index in [1.54, 1.807) is 13.2 Å². The number of amides is 1. The minimum Gasteiger partial charge on any atom is -0.497 e. The van der Waals surface area contributed by atoms with E-state index in [9.17, 15) is 4.79 Å². The van der Waals surface area contributed by atoms with Gasteiger partial charge in [0.1, 0.15) is 12.3 Å². The Kier molecular flexibility index (Phi) is 5.81. The number of hydrogen-bond acceptors (Lipinski definition) is 2. The fraction of sp³-hybridized carbons (Fsp3) is 0.235. The number of ether oxygens (including phenoxy) is 1. The van der Waals surface area contributed by atoms with Crippen LogP contribution in [-0.2, 0) is 11.3 Å². The van der Waals surface area contributed by atoms with Gasteiger partial charge in [0, 0.05) is 22.3 Å². The molecule has 1 amide bonds. The van der Waals surface area contributed by atoms with Crippen molar-refractivity contribution in [2.45, 2.75) is 6.54 Å². The molecule has 2 N–H and O–H groups in total. The lowest BCUT2D eigenvalue weighted by atomic mass is 10.2. The number of anilines is 1. The van der Waals surface area contributed by atoms with Crippen LogP contribution >= 0.6 is 11.6 Å². The van der Waals surface area contributed by atoms with Gasteiger partial charge in [0.25, 0.3) is 5.91 Å². The van der Waals surface area contributed by atoms with Crippen molar-refractivity contribution in [3.8, 4) is 5.75 Å². The molecule has 0 fully saturated rings. The van der Waals surface area contributed by atoms with Gasteiger partial charge < -0.3 is 15.0 Å².